The SMILES string of the molecule is COc1ccc(CNC(=NCc2ccc(OC)c(OC)c2)NCc2nnc(C)n2C)cc1. The number of aromatic nitrogens is 3. The van der Waals surface area contributed by atoms with Crippen LogP contribution in [0.5, 0.6) is 17.2 Å². The highest BCUT2D eigenvalue weighted by molar-refractivity contribution is 5.79. The smallest absolute Gasteiger partial charge is 0.192 e. The van der Waals surface area contributed by atoms with Crippen molar-refractivity contribution in [1.82, 2.24) is 25.4 Å². The van der Waals surface area contributed by atoms with E-state index in [1.807, 2.05) is 61.0 Å². The lowest BCUT2D eigenvalue weighted by atomic mass is 10.2. The van der Waals surface area contributed by atoms with E-state index < -0.39 is 0 Å². The van der Waals surface area contributed by atoms with E-state index in [2.05, 4.69) is 20.8 Å². The second kappa shape index (κ2) is 11.0. The van der Waals surface area contributed by atoms with Crippen LogP contribution in [0.4, 0.5) is 0 Å². The molecule has 2 aromatic carbocycles. The molecule has 0 spiro atoms. The van der Waals surface area contributed by atoms with Crippen molar-refractivity contribution in [2.45, 2.75) is 26.6 Å². The zero-order valence-corrected chi connectivity index (χ0v) is 19.2. The Labute approximate surface area is 188 Å². The molecule has 3 rings (SSSR count). The van der Waals surface area contributed by atoms with E-state index >= 15 is 0 Å². The van der Waals surface area contributed by atoms with Gasteiger partial charge in [0, 0.05) is 13.6 Å². The lowest BCUT2D eigenvalue weighted by Gasteiger charge is -2.13. The third-order valence-electron chi connectivity index (χ3n) is 5.08. The monoisotopic (exact) mass is 438 g/mol. The van der Waals surface area contributed by atoms with E-state index in [1.165, 1.54) is 0 Å². The minimum absolute atomic E-state index is 0.468. The van der Waals surface area contributed by atoms with Gasteiger partial charge in [-0.15, -0.1) is 10.2 Å². The third kappa shape index (κ3) is 5.90. The second-order valence-corrected chi connectivity index (χ2v) is 7.13. The number of ether oxygens (including phenoxy) is 3. The summed E-state index contributed by atoms with van der Waals surface area (Å²) in [5, 5.41) is 15.0. The molecule has 2 N–H and O–H groups in total. The van der Waals surface area contributed by atoms with Crippen LogP contribution in [0.25, 0.3) is 0 Å². The molecule has 0 saturated heterocycles. The maximum atomic E-state index is 5.40. The number of nitrogens with one attached hydrogen (secondary N) is 2. The Morgan fingerprint density at radius 2 is 1.56 bits per heavy atom. The van der Waals surface area contributed by atoms with Crippen LogP contribution in [-0.4, -0.2) is 42.1 Å². The number of aliphatic imine (C=N–C) groups is 1. The van der Waals surface area contributed by atoms with Crippen LogP contribution in [-0.2, 0) is 26.7 Å². The van der Waals surface area contributed by atoms with Crippen molar-refractivity contribution in [2.75, 3.05) is 21.3 Å². The quantitative estimate of drug-likeness (QED) is 0.392. The average Bonchev–Trinajstić information content (AvgIpc) is 3.15. The summed E-state index contributed by atoms with van der Waals surface area (Å²) in [6, 6.07) is 13.7. The maximum absolute atomic E-state index is 5.40. The van der Waals surface area contributed by atoms with Crippen LogP contribution in [0, 0.1) is 6.92 Å². The number of benzene rings is 2. The molecule has 0 aliphatic heterocycles. The van der Waals surface area contributed by atoms with Crippen molar-refractivity contribution < 1.29 is 14.2 Å². The molecule has 32 heavy (non-hydrogen) atoms. The lowest BCUT2D eigenvalue weighted by molar-refractivity contribution is 0.354. The van der Waals surface area contributed by atoms with Crippen molar-refractivity contribution in [3.05, 3.63) is 65.2 Å². The zero-order chi connectivity index (χ0) is 22.9. The van der Waals surface area contributed by atoms with Gasteiger partial charge in [-0.25, -0.2) is 4.99 Å². The summed E-state index contributed by atoms with van der Waals surface area (Å²) in [6.07, 6.45) is 0. The summed E-state index contributed by atoms with van der Waals surface area (Å²) in [5.74, 6) is 4.54. The molecular weight excluding hydrogens is 408 g/mol. The predicted octanol–water partition coefficient (Wildman–Crippen LogP) is 2.58. The first kappa shape index (κ1) is 22.9. The van der Waals surface area contributed by atoms with Crippen molar-refractivity contribution >= 4 is 5.96 Å². The van der Waals surface area contributed by atoms with E-state index in [9.17, 15) is 0 Å². The van der Waals surface area contributed by atoms with E-state index in [-0.39, 0.29) is 0 Å². The van der Waals surface area contributed by atoms with Gasteiger partial charge in [-0.2, -0.15) is 0 Å². The number of hydrogen-bond donors (Lipinski definition) is 2. The van der Waals surface area contributed by atoms with Crippen LogP contribution >= 0.6 is 0 Å². The average molecular weight is 439 g/mol. The number of nitrogens with zero attached hydrogens (tertiary/aromatic N) is 4. The molecule has 170 valence electrons. The summed E-state index contributed by atoms with van der Waals surface area (Å²) >= 11 is 0. The molecule has 0 atom stereocenters. The van der Waals surface area contributed by atoms with Crippen molar-refractivity contribution in [1.29, 1.82) is 0 Å². The van der Waals surface area contributed by atoms with Crippen molar-refractivity contribution in [2.24, 2.45) is 12.0 Å². The molecule has 9 nitrogen and oxygen atoms in total. The number of hydrogen-bond acceptors (Lipinski definition) is 6. The first-order valence-electron chi connectivity index (χ1n) is 10.2. The standard InChI is InChI=1S/C23H30N6O3/c1-16-27-28-22(29(16)2)15-26-23(24-13-17-6-9-19(30-3)10-7-17)25-14-18-8-11-20(31-4)21(12-18)32-5/h6-12H,13-15H2,1-5H3,(H2,24,25,26). The van der Waals surface area contributed by atoms with Crippen LogP contribution in [0.3, 0.4) is 0 Å². The Morgan fingerprint density at radius 3 is 2.19 bits per heavy atom. The summed E-state index contributed by atoms with van der Waals surface area (Å²) in [7, 11) is 6.84. The van der Waals surface area contributed by atoms with Gasteiger partial charge < -0.3 is 29.4 Å². The maximum Gasteiger partial charge on any atom is 0.192 e. The summed E-state index contributed by atoms with van der Waals surface area (Å²) in [5.41, 5.74) is 2.11. The molecule has 0 fully saturated rings. The summed E-state index contributed by atoms with van der Waals surface area (Å²) in [6.45, 7) is 3.50. The number of aryl methyl sites for hydroxylation is 1. The molecule has 9 heteroatoms. The van der Waals surface area contributed by atoms with Gasteiger partial charge in [0.1, 0.15) is 11.6 Å². The largest absolute Gasteiger partial charge is 0.497 e. The Bertz CT molecular complexity index is 1050. The first-order chi connectivity index (χ1) is 15.5. The lowest BCUT2D eigenvalue weighted by Crippen LogP contribution is -2.37. The molecule has 0 aliphatic carbocycles. The third-order valence-corrected chi connectivity index (χ3v) is 5.08. The number of methoxy groups -OCH3 is 3. The van der Waals surface area contributed by atoms with E-state index in [0.717, 1.165) is 28.5 Å². The molecule has 0 bridgehead atoms. The van der Waals surface area contributed by atoms with Gasteiger partial charge in [-0.1, -0.05) is 18.2 Å². The van der Waals surface area contributed by atoms with Gasteiger partial charge in [0.05, 0.1) is 34.4 Å². The van der Waals surface area contributed by atoms with Gasteiger partial charge in [0.25, 0.3) is 0 Å². The Morgan fingerprint density at radius 1 is 0.875 bits per heavy atom. The molecule has 0 saturated carbocycles. The molecule has 0 radical (unpaired) electrons. The van der Waals surface area contributed by atoms with Gasteiger partial charge >= 0.3 is 0 Å². The van der Waals surface area contributed by atoms with Crippen LogP contribution in [0.15, 0.2) is 47.5 Å². The summed E-state index contributed by atoms with van der Waals surface area (Å²) < 4.78 is 17.9. The van der Waals surface area contributed by atoms with Crippen LogP contribution in [0.1, 0.15) is 22.8 Å². The van der Waals surface area contributed by atoms with Crippen molar-refractivity contribution in [3.63, 3.8) is 0 Å². The highest BCUT2D eigenvalue weighted by Crippen LogP contribution is 2.27. The van der Waals surface area contributed by atoms with E-state index in [0.29, 0.717) is 37.1 Å². The number of guanidine groups is 1. The predicted molar refractivity (Wildman–Crippen MR) is 123 cm³/mol. The van der Waals surface area contributed by atoms with Crippen molar-refractivity contribution in [3.8, 4) is 17.2 Å². The first-order valence-corrected chi connectivity index (χ1v) is 10.2. The summed E-state index contributed by atoms with van der Waals surface area (Å²) in [4.78, 5) is 4.74. The van der Waals surface area contributed by atoms with E-state index in [4.69, 9.17) is 19.2 Å². The normalized spacial score (nSPS) is 11.2. The van der Waals surface area contributed by atoms with Gasteiger partial charge in [0.2, 0.25) is 0 Å². The van der Waals surface area contributed by atoms with Crippen LogP contribution < -0.4 is 24.8 Å². The second-order valence-electron chi connectivity index (χ2n) is 7.13. The highest BCUT2D eigenvalue weighted by Gasteiger charge is 2.08. The molecule has 1 aromatic heterocycles. The van der Waals surface area contributed by atoms with E-state index in [1.54, 1.807) is 21.3 Å². The molecule has 0 amide bonds. The molecule has 0 aliphatic rings. The van der Waals surface area contributed by atoms with Gasteiger partial charge in [-0.3, -0.25) is 0 Å². The minimum atomic E-state index is 0.468. The van der Waals surface area contributed by atoms with Crippen LogP contribution in [0.2, 0.25) is 0 Å². The Balaban J connectivity index is 1.72. The Hall–Kier alpha value is -3.75. The number of rotatable bonds is 9. The fourth-order valence-corrected chi connectivity index (χ4v) is 3.02. The molecular formula is C23H30N6O3. The molecule has 3 aromatic rings. The van der Waals surface area contributed by atoms with Gasteiger partial charge in [-0.05, 0) is 42.3 Å². The fraction of sp³-hybridized carbons (Fsp3) is 0.348. The minimum Gasteiger partial charge on any atom is -0.497 e. The zero-order valence-electron chi connectivity index (χ0n) is 19.2. The Kier molecular flexibility index (Phi) is 7.91. The molecule has 1 heterocycles. The molecule has 0 unspecified atom stereocenters. The topological polar surface area (TPSA) is 94.8 Å². The van der Waals surface area contributed by atoms with Gasteiger partial charge in [0.15, 0.2) is 23.3 Å². The highest BCUT2D eigenvalue weighted by atomic mass is 16.5. The fourth-order valence-electron chi connectivity index (χ4n) is 3.02.